The highest BCUT2D eigenvalue weighted by atomic mass is 19.1. The van der Waals surface area contributed by atoms with Crippen molar-refractivity contribution in [2.24, 2.45) is 0 Å². The minimum absolute atomic E-state index is 0.150. The van der Waals surface area contributed by atoms with Crippen LogP contribution < -0.4 is 0 Å². The zero-order valence-electron chi connectivity index (χ0n) is 15.0. The molecule has 2 aromatic rings. The Labute approximate surface area is 152 Å². The summed E-state index contributed by atoms with van der Waals surface area (Å²) in [6, 6.07) is 12.8. The van der Waals surface area contributed by atoms with Crippen molar-refractivity contribution in [3.05, 3.63) is 76.9 Å². The van der Waals surface area contributed by atoms with Crippen LogP contribution in [0.25, 0.3) is 6.08 Å². The smallest absolute Gasteiger partial charge is 0.249 e. The average Bonchev–Trinajstić information content (AvgIpc) is 2.64. The molecule has 0 spiro atoms. The van der Waals surface area contributed by atoms with Gasteiger partial charge in [0.05, 0.1) is 6.04 Å². The van der Waals surface area contributed by atoms with Gasteiger partial charge >= 0.3 is 0 Å². The average molecular weight is 356 g/mol. The number of piperazine rings is 1. The second-order valence-electron chi connectivity index (χ2n) is 6.62. The first kappa shape index (κ1) is 18.3. The second kappa shape index (κ2) is 7.79. The molecule has 0 saturated carbocycles. The van der Waals surface area contributed by atoms with Crippen molar-refractivity contribution in [2.75, 3.05) is 26.7 Å². The van der Waals surface area contributed by atoms with Crippen molar-refractivity contribution in [1.29, 1.82) is 0 Å². The van der Waals surface area contributed by atoms with Crippen molar-refractivity contribution in [1.82, 2.24) is 9.80 Å². The van der Waals surface area contributed by atoms with E-state index in [1.54, 1.807) is 54.3 Å². The summed E-state index contributed by atoms with van der Waals surface area (Å²) < 4.78 is 28.0. The monoisotopic (exact) mass is 356 g/mol. The van der Waals surface area contributed by atoms with Gasteiger partial charge in [-0.25, -0.2) is 8.78 Å². The molecule has 0 radical (unpaired) electrons. The van der Waals surface area contributed by atoms with Crippen molar-refractivity contribution in [2.45, 2.75) is 13.0 Å². The van der Waals surface area contributed by atoms with Gasteiger partial charge in [-0.2, -0.15) is 0 Å². The molecule has 1 saturated heterocycles. The van der Waals surface area contributed by atoms with Gasteiger partial charge in [-0.15, -0.1) is 0 Å². The van der Waals surface area contributed by atoms with E-state index < -0.39 is 0 Å². The lowest BCUT2D eigenvalue weighted by Crippen LogP contribution is -2.49. The minimum Gasteiger partial charge on any atom is -0.336 e. The SMILES string of the molecule is C/C(=C\c1ccccc1F)C(=O)N1CCN(C)C(c2ccccc2F)C1. The third-order valence-corrected chi connectivity index (χ3v) is 4.81. The molecule has 5 heteroatoms. The molecule has 136 valence electrons. The van der Waals surface area contributed by atoms with Crippen LogP contribution in [-0.4, -0.2) is 42.4 Å². The van der Waals surface area contributed by atoms with Crippen molar-refractivity contribution >= 4 is 12.0 Å². The molecule has 1 aliphatic heterocycles. The summed E-state index contributed by atoms with van der Waals surface area (Å²) in [5, 5.41) is 0. The van der Waals surface area contributed by atoms with Gasteiger partial charge in [0.2, 0.25) is 5.91 Å². The molecule has 3 nitrogen and oxygen atoms in total. The lowest BCUT2D eigenvalue weighted by molar-refractivity contribution is -0.129. The molecule has 1 atom stereocenters. The van der Waals surface area contributed by atoms with Gasteiger partial charge in [-0.3, -0.25) is 9.69 Å². The number of nitrogens with zero attached hydrogens (tertiary/aromatic N) is 2. The second-order valence-corrected chi connectivity index (χ2v) is 6.62. The zero-order chi connectivity index (χ0) is 18.7. The number of benzene rings is 2. The number of carbonyl (C=O) groups excluding carboxylic acids is 1. The van der Waals surface area contributed by atoms with Gasteiger partial charge in [0.15, 0.2) is 0 Å². The Kier molecular flexibility index (Phi) is 5.47. The third kappa shape index (κ3) is 3.83. The molecule has 0 N–H and O–H groups in total. The summed E-state index contributed by atoms with van der Waals surface area (Å²) in [4.78, 5) is 16.6. The van der Waals surface area contributed by atoms with E-state index in [1.807, 2.05) is 7.05 Å². The lowest BCUT2D eigenvalue weighted by atomic mass is 10.0. The highest BCUT2D eigenvalue weighted by Gasteiger charge is 2.30. The molecule has 3 rings (SSSR count). The molecule has 0 aliphatic carbocycles. The van der Waals surface area contributed by atoms with E-state index in [0.29, 0.717) is 36.3 Å². The highest BCUT2D eigenvalue weighted by Crippen LogP contribution is 2.27. The van der Waals surface area contributed by atoms with Crippen LogP contribution in [0.5, 0.6) is 0 Å². The number of halogens is 2. The van der Waals surface area contributed by atoms with Crippen LogP contribution in [0.3, 0.4) is 0 Å². The molecule has 1 amide bonds. The Bertz CT molecular complexity index is 834. The molecule has 0 bridgehead atoms. The van der Waals surface area contributed by atoms with Crippen LogP contribution >= 0.6 is 0 Å². The molecule has 2 aromatic carbocycles. The van der Waals surface area contributed by atoms with Gasteiger partial charge < -0.3 is 4.90 Å². The number of amides is 1. The van der Waals surface area contributed by atoms with Gasteiger partial charge in [0, 0.05) is 36.3 Å². The van der Waals surface area contributed by atoms with Gasteiger partial charge in [0.1, 0.15) is 11.6 Å². The Morgan fingerprint density at radius 2 is 1.69 bits per heavy atom. The van der Waals surface area contributed by atoms with Gasteiger partial charge in [0.25, 0.3) is 0 Å². The van der Waals surface area contributed by atoms with Crippen molar-refractivity contribution in [3.63, 3.8) is 0 Å². The summed E-state index contributed by atoms with van der Waals surface area (Å²) in [5.41, 5.74) is 1.44. The Hall–Kier alpha value is -2.53. The molecule has 26 heavy (non-hydrogen) atoms. The van der Waals surface area contributed by atoms with Gasteiger partial charge in [-0.05, 0) is 32.2 Å². The third-order valence-electron chi connectivity index (χ3n) is 4.81. The standard InChI is InChI=1S/C21H22F2N2O/c1-15(13-16-7-3-5-9-18(16)22)21(26)25-12-11-24(2)20(14-25)17-8-4-6-10-19(17)23/h3-10,13,20H,11-12,14H2,1-2H3/b15-13+. The molecule has 1 unspecified atom stereocenters. The summed E-state index contributed by atoms with van der Waals surface area (Å²) in [6.45, 7) is 3.30. The van der Waals surface area contributed by atoms with Crippen molar-refractivity contribution in [3.8, 4) is 0 Å². The van der Waals surface area contributed by atoms with E-state index >= 15 is 0 Å². The normalized spacial score (nSPS) is 18.8. The molecular formula is C21H22F2N2O. The number of carbonyl (C=O) groups is 1. The topological polar surface area (TPSA) is 23.6 Å². The van der Waals surface area contributed by atoms with E-state index in [-0.39, 0.29) is 23.6 Å². The number of likely N-dealkylation sites (N-methyl/N-ethyl adjacent to an activating group) is 1. The van der Waals surface area contributed by atoms with Crippen LogP contribution in [0.1, 0.15) is 24.1 Å². The van der Waals surface area contributed by atoms with E-state index in [1.165, 1.54) is 12.1 Å². The summed E-state index contributed by atoms with van der Waals surface area (Å²) >= 11 is 0. The maximum Gasteiger partial charge on any atom is 0.249 e. The molecular weight excluding hydrogens is 334 g/mol. The summed E-state index contributed by atoms with van der Waals surface area (Å²) in [6.07, 6.45) is 1.56. The fourth-order valence-corrected chi connectivity index (χ4v) is 3.28. The van der Waals surface area contributed by atoms with Crippen molar-refractivity contribution < 1.29 is 13.6 Å². The highest BCUT2D eigenvalue weighted by molar-refractivity contribution is 5.97. The predicted octanol–water partition coefficient (Wildman–Crippen LogP) is 3.88. The van der Waals surface area contributed by atoms with Crippen LogP contribution in [0.4, 0.5) is 8.78 Å². The Balaban J connectivity index is 1.80. The fraction of sp³-hybridized carbons (Fsp3) is 0.286. The number of hydrogen-bond donors (Lipinski definition) is 0. The minimum atomic E-state index is -0.359. The van der Waals surface area contributed by atoms with E-state index in [9.17, 15) is 13.6 Å². The van der Waals surface area contributed by atoms with E-state index in [0.717, 1.165) is 0 Å². The van der Waals surface area contributed by atoms with E-state index in [4.69, 9.17) is 0 Å². The van der Waals surface area contributed by atoms with E-state index in [2.05, 4.69) is 4.90 Å². The maximum absolute atomic E-state index is 14.2. The summed E-state index contributed by atoms with van der Waals surface area (Å²) in [5.74, 6) is -0.776. The maximum atomic E-state index is 14.2. The first-order valence-corrected chi connectivity index (χ1v) is 8.64. The zero-order valence-corrected chi connectivity index (χ0v) is 15.0. The first-order valence-electron chi connectivity index (χ1n) is 8.64. The fourth-order valence-electron chi connectivity index (χ4n) is 3.28. The predicted molar refractivity (Wildman–Crippen MR) is 98.4 cm³/mol. The molecule has 1 heterocycles. The van der Waals surface area contributed by atoms with Crippen LogP contribution in [0.2, 0.25) is 0 Å². The molecule has 0 aromatic heterocycles. The Morgan fingerprint density at radius 1 is 1.04 bits per heavy atom. The quantitative estimate of drug-likeness (QED) is 0.779. The van der Waals surface area contributed by atoms with Gasteiger partial charge in [-0.1, -0.05) is 36.4 Å². The van der Waals surface area contributed by atoms with Crippen LogP contribution in [-0.2, 0) is 4.79 Å². The number of hydrogen-bond acceptors (Lipinski definition) is 2. The Morgan fingerprint density at radius 3 is 2.38 bits per heavy atom. The molecule has 1 fully saturated rings. The first-order chi connectivity index (χ1) is 12.5. The largest absolute Gasteiger partial charge is 0.336 e. The van der Waals surface area contributed by atoms with Crippen LogP contribution in [0, 0.1) is 11.6 Å². The summed E-state index contributed by atoms with van der Waals surface area (Å²) in [7, 11) is 1.93. The molecule has 1 aliphatic rings. The lowest BCUT2D eigenvalue weighted by Gasteiger charge is -2.40. The number of rotatable bonds is 3. The van der Waals surface area contributed by atoms with Crippen LogP contribution in [0.15, 0.2) is 54.1 Å².